The fraction of sp³-hybridized carbons (Fsp3) is 0.455. The third kappa shape index (κ3) is 8.86. The molecular formula is C44H54N8O6. The smallest absolute Gasteiger partial charge is 0.407 e. The number of amides is 3. The molecule has 14 nitrogen and oxygen atoms in total. The molecule has 3 N–H and O–H groups in total. The molecule has 4 heterocycles. The van der Waals surface area contributed by atoms with Crippen LogP contribution in [0.5, 0.6) is 0 Å². The van der Waals surface area contributed by atoms with Gasteiger partial charge in [-0.2, -0.15) is 4.89 Å². The first kappa shape index (κ1) is 40.4. The molecule has 58 heavy (non-hydrogen) atoms. The lowest BCUT2D eigenvalue weighted by Gasteiger charge is -2.29. The number of rotatable bonds is 14. The fourth-order valence-corrected chi connectivity index (χ4v) is 8.32. The highest BCUT2D eigenvalue weighted by molar-refractivity contribution is 5.88. The Morgan fingerprint density at radius 2 is 1.26 bits per heavy atom. The van der Waals surface area contributed by atoms with Crippen molar-refractivity contribution >= 4 is 46.4 Å². The summed E-state index contributed by atoms with van der Waals surface area (Å²) < 4.78 is 4.81. The van der Waals surface area contributed by atoms with Crippen LogP contribution >= 0.6 is 0 Å². The maximum atomic E-state index is 13.7. The molecule has 0 aliphatic carbocycles. The summed E-state index contributed by atoms with van der Waals surface area (Å²) in [4.78, 5) is 74.0. The fourth-order valence-electron chi connectivity index (χ4n) is 8.32. The summed E-state index contributed by atoms with van der Waals surface area (Å²) in [6.45, 7) is 9.46. The number of carbonyl (C=O) groups is 3. The molecule has 2 aliphatic heterocycles. The largest absolute Gasteiger partial charge is 0.453 e. The normalized spacial score (nSPS) is 18.2. The zero-order chi connectivity index (χ0) is 40.9. The predicted molar refractivity (Wildman–Crippen MR) is 223 cm³/mol. The highest BCUT2D eigenvalue weighted by Crippen LogP contribution is 2.36. The Morgan fingerprint density at radius 3 is 1.74 bits per heavy atom. The number of imidazole rings is 2. The number of aromatic nitrogens is 4. The van der Waals surface area contributed by atoms with Crippen molar-refractivity contribution in [2.45, 2.75) is 90.4 Å². The molecule has 14 heteroatoms. The van der Waals surface area contributed by atoms with Gasteiger partial charge < -0.3 is 34.7 Å². The van der Waals surface area contributed by atoms with Gasteiger partial charge in [-0.05, 0) is 96.9 Å². The Morgan fingerprint density at radius 1 is 0.759 bits per heavy atom. The summed E-state index contributed by atoms with van der Waals surface area (Å²) in [5.41, 5.74) is 7.73. The maximum absolute atomic E-state index is 13.7. The first-order valence-corrected chi connectivity index (χ1v) is 20.3. The summed E-state index contributed by atoms with van der Waals surface area (Å²) in [6.07, 6.45) is 5.08. The van der Waals surface area contributed by atoms with Crippen molar-refractivity contribution in [2.24, 2.45) is 16.8 Å². The van der Waals surface area contributed by atoms with Gasteiger partial charge in [0.25, 0.3) is 0 Å². The second-order valence-corrected chi connectivity index (χ2v) is 16.1. The van der Waals surface area contributed by atoms with Crippen LogP contribution in [0.1, 0.15) is 90.0 Å². The molecular weight excluding hydrogens is 737 g/mol. The van der Waals surface area contributed by atoms with E-state index < -0.39 is 18.2 Å². The van der Waals surface area contributed by atoms with Crippen molar-refractivity contribution in [3.8, 4) is 22.3 Å². The minimum atomic E-state index is -0.664. The molecule has 3 aromatic carbocycles. The molecule has 0 bridgehead atoms. The molecule has 7 rings (SSSR count). The number of nitrogens with zero attached hydrogens (tertiary/aromatic N) is 5. The number of aliphatic imine (C=N–C) groups is 1. The quantitative estimate of drug-likeness (QED) is 0.0442. The number of likely N-dealkylation sites (tertiary alicyclic amines) is 2. The average Bonchev–Trinajstić information content (AvgIpc) is 4.04. The monoisotopic (exact) mass is 790 g/mol. The molecule has 0 saturated carbocycles. The summed E-state index contributed by atoms with van der Waals surface area (Å²) in [7, 11) is 2.71. The molecule has 4 atom stereocenters. The first-order valence-electron chi connectivity index (χ1n) is 20.3. The van der Waals surface area contributed by atoms with E-state index >= 15 is 0 Å². The van der Waals surface area contributed by atoms with Crippen LogP contribution in [0.25, 0.3) is 44.3 Å². The van der Waals surface area contributed by atoms with Gasteiger partial charge in [-0.1, -0.05) is 64.1 Å². The first-order chi connectivity index (χ1) is 28.0. The van der Waals surface area contributed by atoms with Crippen LogP contribution in [-0.4, -0.2) is 93.4 Å². The van der Waals surface area contributed by atoms with Crippen molar-refractivity contribution in [1.29, 1.82) is 0 Å². The van der Waals surface area contributed by atoms with Gasteiger partial charge in [0, 0.05) is 13.1 Å². The number of hydrogen-bond acceptors (Lipinski definition) is 9. The number of hydrogen-bond donors (Lipinski definition) is 3. The highest BCUT2D eigenvalue weighted by atomic mass is 17.2. The van der Waals surface area contributed by atoms with Gasteiger partial charge in [0.15, 0.2) is 0 Å². The van der Waals surface area contributed by atoms with E-state index in [2.05, 4.69) is 87.5 Å². The Bertz CT molecular complexity index is 2260. The summed E-state index contributed by atoms with van der Waals surface area (Å²) in [5, 5.41) is 2.74. The molecule has 0 spiro atoms. The van der Waals surface area contributed by atoms with Crippen LogP contribution in [0.2, 0.25) is 0 Å². The average molecular weight is 791 g/mol. The van der Waals surface area contributed by atoms with Crippen molar-refractivity contribution in [3.63, 3.8) is 0 Å². The lowest BCUT2D eigenvalue weighted by atomic mass is 10.00. The number of nitrogens with one attached hydrogen (secondary N) is 3. The zero-order valence-electron chi connectivity index (χ0n) is 34.2. The Labute approximate surface area is 338 Å². The van der Waals surface area contributed by atoms with Crippen LogP contribution in [0.3, 0.4) is 0 Å². The van der Waals surface area contributed by atoms with Gasteiger partial charge in [0.05, 0.1) is 48.4 Å². The Hall–Kier alpha value is -5.76. The number of benzene rings is 3. The SMILES string of the molecule is COOC=N[C@@H](CC(C)C)C(=O)N1CCC[C@H]1c1nc2ccc(-c3ccc(-c4ccc5nc([C@@H]6CCCN6C(=O)[C@H](CC(C)C)NC(=O)OC)[nH]c5c4)cc3)cc2[nH]1. The van der Waals surface area contributed by atoms with E-state index in [1.54, 1.807) is 0 Å². The molecule has 306 valence electrons. The van der Waals surface area contributed by atoms with Crippen LogP contribution in [0.4, 0.5) is 4.79 Å². The molecule has 0 unspecified atom stereocenters. The van der Waals surface area contributed by atoms with E-state index in [0.29, 0.717) is 25.9 Å². The van der Waals surface area contributed by atoms with Gasteiger partial charge in [0.2, 0.25) is 18.2 Å². The second-order valence-electron chi connectivity index (χ2n) is 16.1. The lowest BCUT2D eigenvalue weighted by molar-refractivity contribution is -0.188. The molecule has 2 fully saturated rings. The van der Waals surface area contributed by atoms with Crippen molar-refractivity contribution < 1.29 is 28.9 Å². The molecule has 0 radical (unpaired) electrons. The lowest BCUT2D eigenvalue weighted by Crippen LogP contribution is -2.49. The van der Waals surface area contributed by atoms with E-state index in [-0.39, 0.29) is 35.7 Å². The third-order valence-corrected chi connectivity index (χ3v) is 11.1. The van der Waals surface area contributed by atoms with E-state index in [9.17, 15) is 14.4 Å². The van der Waals surface area contributed by atoms with Gasteiger partial charge in [-0.15, -0.1) is 0 Å². The predicted octanol–water partition coefficient (Wildman–Crippen LogP) is 7.89. The molecule has 2 saturated heterocycles. The van der Waals surface area contributed by atoms with Crippen LogP contribution in [-0.2, 0) is 24.1 Å². The summed E-state index contributed by atoms with van der Waals surface area (Å²) in [6, 6.07) is 19.3. The number of methoxy groups -OCH3 is 1. The zero-order valence-corrected chi connectivity index (χ0v) is 34.2. The minimum absolute atomic E-state index is 0.0329. The topological polar surface area (TPSA) is 167 Å². The number of fused-ring (bicyclic) bond motifs is 2. The van der Waals surface area contributed by atoms with Gasteiger partial charge in [0.1, 0.15) is 23.7 Å². The van der Waals surface area contributed by atoms with Crippen molar-refractivity contribution in [3.05, 3.63) is 72.3 Å². The summed E-state index contributed by atoms with van der Waals surface area (Å²) in [5.74, 6) is 1.87. The third-order valence-electron chi connectivity index (χ3n) is 11.1. The van der Waals surface area contributed by atoms with Gasteiger partial charge in [-0.3, -0.25) is 9.59 Å². The van der Waals surface area contributed by atoms with Crippen molar-refractivity contribution in [2.75, 3.05) is 27.3 Å². The van der Waals surface area contributed by atoms with Gasteiger partial charge in [-0.25, -0.2) is 19.8 Å². The number of carbonyl (C=O) groups excluding carboxylic acids is 3. The molecule has 3 amide bonds. The maximum Gasteiger partial charge on any atom is 0.407 e. The van der Waals surface area contributed by atoms with Crippen LogP contribution in [0.15, 0.2) is 65.7 Å². The second kappa shape index (κ2) is 17.8. The van der Waals surface area contributed by atoms with E-state index in [0.717, 1.165) is 81.7 Å². The number of H-pyrrole nitrogens is 2. The van der Waals surface area contributed by atoms with Crippen molar-refractivity contribution in [1.82, 2.24) is 35.1 Å². The van der Waals surface area contributed by atoms with Crippen LogP contribution < -0.4 is 5.32 Å². The van der Waals surface area contributed by atoms with Gasteiger partial charge >= 0.3 is 6.09 Å². The number of alkyl carbamates (subject to hydrolysis) is 1. The molecule has 2 aromatic heterocycles. The highest BCUT2D eigenvalue weighted by Gasteiger charge is 2.38. The van der Waals surface area contributed by atoms with Crippen LogP contribution in [0, 0.1) is 11.8 Å². The molecule has 5 aromatic rings. The Balaban J connectivity index is 1.06. The minimum Gasteiger partial charge on any atom is -0.453 e. The summed E-state index contributed by atoms with van der Waals surface area (Å²) >= 11 is 0. The Kier molecular flexibility index (Phi) is 12.4. The van der Waals surface area contributed by atoms with E-state index in [1.807, 2.05) is 35.8 Å². The van der Waals surface area contributed by atoms with E-state index in [4.69, 9.17) is 19.6 Å². The standard InChI is InChI=1S/C44H54N8O6/c1-26(2)21-36(45-25-58-57-6)42(53)51-19-7-9-38(51)40-46-32-17-15-30(23-34(32)48-40)28-11-13-29(14-12-28)31-16-18-33-35(24-31)49-41(47-33)39-10-8-20-52(39)43(54)37(22-27(3)4)50-44(55)56-5/h11-18,23-27,36-39H,7-10,19-22H2,1-6H3,(H,46,48)(H,47,49)(H,50,55)/t36-,37-,38-,39-/m0/s1. The number of ether oxygens (including phenoxy) is 1. The van der Waals surface area contributed by atoms with E-state index in [1.165, 1.54) is 20.6 Å². The number of aromatic amines is 2. The molecule has 2 aliphatic rings.